The van der Waals surface area contributed by atoms with Crippen molar-refractivity contribution in [3.8, 4) is 0 Å². The zero-order chi connectivity index (χ0) is 28.0. The first-order valence-corrected chi connectivity index (χ1v) is 14.3. The lowest BCUT2D eigenvalue weighted by atomic mass is 10.0. The molecule has 0 saturated carbocycles. The third-order valence-electron chi connectivity index (χ3n) is 6.09. The van der Waals surface area contributed by atoms with Crippen molar-refractivity contribution in [3.05, 3.63) is 108 Å². The van der Waals surface area contributed by atoms with Crippen LogP contribution >= 0.6 is 0 Å². The molecule has 7 nitrogen and oxygen atoms in total. The van der Waals surface area contributed by atoms with Gasteiger partial charge in [0.25, 0.3) is 5.91 Å². The molecule has 39 heavy (non-hydrogen) atoms. The number of anilines is 1. The normalized spacial score (nSPS) is 12.6. The number of amides is 2. The highest BCUT2D eigenvalue weighted by Gasteiger charge is 2.25. The molecule has 0 spiro atoms. The van der Waals surface area contributed by atoms with Crippen LogP contribution in [0.3, 0.4) is 0 Å². The predicted molar refractivity (Wildman–Crippen MR) is 155 cm³/mol. The fraction of sp³-hybridized carbons (Fsp3) is 0.226. The smallest absolute Gasteiger partial charge is 0.251 e. The summed E-state index contributed by atoms with van der Waals surface area (Å²) in [5, 5.41) is 6.88. The number of hydrogen-bond donors (Lipinski definition) is 3. The highest BCUT2D eigenvalue weighted by molar-refractivity contribution is 7.89. The van der Waals surface area contributed by atoms with Gasteiger partial charge in [-0.25, -0.2) is 13.1 Å². The maximum absolute atomic E-state index is 13.6. The first kappa shape index (κ1) is 28.0. The average molecular weight is 544 g/mol. The molecule has 0 aliphatic rings. The summed E-state index contributed by atoms with van der Waals surface area (Å²) in [6.45, 7) is 5.34. The molecule has 0 heterocycles. The standard InChI is InChI=1S/C31H33N3O4S/c1-31(2,3)34-39(37,38)28-19-11-16-24-25(28)17-10-18-26(24)32-30(36)27(21-20-22-12-6-4-7-13-22)33-29(35)23-14-8-5-9-15-23/h4-19,27,34H,20-21H2,1-3H3,(H,32,36)(H,33,35)/t27-/m0/s1. The van der Waals surface area contributed by atoms with Crippen LogP contribution in [0.5, 0.6) is 0 Å². The van der Waals surface area contributed by atoms with Gasteiger partial charge in [-0.15, -0.1) is 0 Å². The Morgan fingerprint density at radius 3 is 2.05 bits per heavy atom. The topological polar surface area (TPSA) is 104 Å². The lowest BCUT2D eigenvalue weighted by Gasteiger charge is -2.22. The summed E-state index contributed by atoms with van der Waals surface area (Å²) >= 11 is 0. The van der Waals surface area contributed by atoms with Gasteiger partial charge in [0, 0.05) is 27.6 Å². The molecule has 3 N–H and O–H groups in total. The van der Waals surface area contributed by atoms with E-state index in [0.29, 0.717) is 34.9 Å². The zero-order valence-electron chi connectivity index (χ0n) is 22.3. The van der Waals surface area contributed by atoms with E-state index in [1.165, 1.54) is 0 Å². The van der Waals surface area contributed by atoms with E-state index in [2.05, 4.69) is 15.4 Å². The summed E-state index contributed by atoms with van der Waals surface area (Å²) in [5.41, 5.74) is 1.32. The number of rotatable bonds is 9. The third-order valence-corrected chi connectivity index (χ3v) is 7.91. The maximum atomic E-state index is 13.6. The summed E-state index contributed by atoms with van der Waals surface area (Å²) in [4.78, 5) is 26.6. The molecule has 0 bridgehead atoms. The predicted octanol–water partition coefficient (Wildman–Crippen LogP) is 5.29. The van der Waals surface area contributed by atoms with Gasteiger partial charge in [0.2, 0.25) is 15.9 Å². The van der Waals surface area contributed by atoms with Gasteiger partial charge in [-0.3, -0.25) is 9.59 Å². The van der Waals surface area contributed by atoms with E-state index in [-0.39, 0.29) is 16.7 Å². The highest BCUT2D eigenvalue weighted by atomic mass is 32.2. The fourth-order valence-electron chi connectivity index (χ4n) is 4.36. The summed E-state index contributed by atoms with van der Waals surface area (Å²) in [5.74, 6) is -0.729. The van der Waals surface area contributed by atoms with Gasteiger partial charge in [-0.2, -0.15) is 0 Å². The minimum atomic E-state index is -3.81. The number of sulfonamides is 1. The van der Waals surface area contributed by atoms with Crippen LogP contribution in [0.25, 0.3) is 10.8 Å². The Kier molecular flexibility index (Phi) is 8.47. The number of carbonyl (C=O) groups excluding carboxylic acids is 2. The highest BCUT2D eigenvalue weighted by Crippen LogP contribution is 2.29. The summed E-state index contributed by atoms with van der Waals surface area (Å²) < 4.78 is 29.0. The Morgan fingerprint density at radius 1 is 0.769 bits per heavy atom. The Balaban J connectivity index is 1.62. The van der Waals surface area contributed by atoms with E-state index in [1.54, 1.807) is 81.4 Å². The molecule has 1 atom stereocenters. The molecule has 2 amide bonds. The second kappa shape index (κ2) is 11.8. The fourth-order valence-corrected chi connectivity index (χ4v) is 6.00. The van der Waals surface area contributed by atoms with Gasteiger partial charge in [0.05, 0.1) is 4.90 Å². The van der Waals surface area contributed by atoms with E-state index >= 15 is 0 Å². The summed E-state index contributed by atoms with van der Waals surface area (Å²) in [7, 11) is -3.81. The molecule has 0 aromatic heterocycles. The number of hydrogen-bond acceptors (Lipinski definition) is 4. The molecule has 4 aromatic rings. The minimum absolute atomic E-state index is 0.129. The molecule has 0 fully saturated rings. The minimum Gasteiger partial charge on any atom is -0.340 e. The van der Waals surface area contributed by atoms with Crippen molar-refractivity contribution in [1.29, 1.82) is 0 Å². The van der Waals surface area contributed by atoms with Gasteiger partial charge >= 0.3 is 0 Å². The van der Waals surface area contributed by atoms with Crippen molar-refractivity contribution in [2.75, 3.05) is 5.32 Å². The van der Waals surface area contributed by atoms with Gasteiger partial charge in [0.15, 0.2) is 0 Å². The Morgan fingerprint density at radius 2 is 1.38 bits per heavy atom. The van der Waals surface area contributed by atoms with Crippen LogP contribution in [0.4, 0.5) is 5.69 Å². The first-order valence-electron chi connectivity index (χ1n) is 12.8. The molecule has 0 radical (unpaired) electrons. The van der Waals surface area contributed by atoms with Gasteiger partial charge < -0.3 is 10.6 Å². The van der Waals surface area contributed by atoms with E-state index in [1.807, 2.05) is 36.4 Å². The van der Waals surface area contributed by atoms with Gasteiger partial charge in [-0.05, 0) is 63.4 Å². The molecule has 202 valence electrons. The second-order valence-corrected chi connectivity index (χ2v) is 12.1. The van der Waals surface area contributed by atoms with Crippen LogP contribution in [0.1, 0.15) is 43.1 Å². The molecule has 4 aromatic carbocycles. The number of benzene rings is 4. The van der Waals surface area contributed by atoms with Crippen LogP contribution in [0, 0.1) is 0 Å². The second-order valence-electron chi connectivity index (χ2n) is 10.4. The van der Waals surface area contributed by atoms with Crippen LogP contribution in [-0.2, 0) is 21.2 Å². The zero-order valence-corrected chi connectivity index (χ0v) is 23.1. The quantitative estimate of drug-likeness (QED) is 0.267. The first-order chi connectivity index (χ1) is 18.5. The van der Waals surface area contributed by atoms with Crippen LogP contribution in [-0.4, -0.2) is 31.8 Å². The Hall–Kier alpha value is -4.01. The molecule has 0 saturated heterocycles. The lowest BCUT2D eigenvalue weighted by Crippen LogP contribution is -2.44. The Bertz CT molecular complexity index is 1560. The Labute approximate surface area is 229 Å². The summed E-state index contributed by atoms with van der Waals surface area (Å²) in [6.07, 6.45) is 0.971. The van der Waals surface area contributed by atoms with Crippen molar-refractivity contribution in [3.63, 3.8) is 0 Å². The lowest BCUT2D eigenvalue weighted by molar-refractivity contribution is -0.118. The molecule has 4 rings (SSSR count). The van der Waals surface area contributed by atoms with E-state index in [9.17, 15) is 18.0 Å². The molecule has 0 unspecified atom stereocenters. The van der Waals surface area contributed by atoms with Crippen molar-refractivity contribution >= 4 is 38.3 Å². The van der Waals surface area contributed by atoms with Gasteiger partial charge in [-0.1, -0.05) is 72.8 Å². The van der Waals surface area contributed by atoms with E-state index < -0.39 is 21.6 Å². The average Bonchev–Trinajstić information content (AvgIpc) is 2.90. The summed E-state index contributed by atoms with van der Waals surface area (Å²) in [6, 6.07) is 27.8. The van der Waals surface area contributed by atoms with Crippen molar-refractivity contribution < 1.29 is 18.0 Å². The van der Waals surface area contributed by atoms with Gasteiger partial charge in [0.1, 0.15) is 6.04 Å². The largest absolute Gasteiger partial charge is 0.340 e. The SMILES string of the molecule is CC(C)(C)NS(=O)(=O)c1cccc2c(NC(=O)[C@H](CCc3ccccc3)NC(=O)c3ccccc3)cccc12. The van der Waals surface area contributed by atoms with Crippen LogP contribution in [0.2, 0.25) is 0 Å². The van der Waals surface area contributed by atoms with Crippen LogP contribution < -0.4 is 15.4 Å². The van der Waals surface area contributed by atoms with Crippen molar-refractivity contribution in [2.24, 2.45) is 0 Å². The number of nitrogens with one attached hydrogen (secondary N) is 3. The number of fused-ring (bicyclic) bond motifs is 1. The molecular formula is C31H33N3O4S. The van der Waals surface area contributed by atoms with Crippen molar-refractivity contribution in [1.82, 2.24) is 10.0 Å². The number of carbonyl (C=O) groups is 2. The van der Waals surface area contributed by atoms with Crippen LogP contribution in [0.15, 0.2) is 102 Å². The van der Waals surface area contributed by atoms with E-state index in [0.717, 1.165) is 5.56 Å². The third kappa shape index (κ3) is 7.31. The molecular weight excluding hydrogens is 510 g/mol. The molecule has 0 aliphatic heterocycles. The van der Waals surface area contributed by atoms with Crippen molar-refractivity contribution in [2.45, 2.75) is 50.1 Å². The molecule has 8 heteroatoms. The van der Waals surface area contributed by atoms with E-state index in [4.69, 9.17) is 0 Å². The monoisotopic (exact) mass is 543 g/mol. The number of aryl methyl sites for hydroxylation is 1. The molecule has 0 aliphatic carbocycles. The maximum Gasteiger partial charge on any atom is 0.251 e.